The molecule has 2 nitrogen and oxygen atoms in total. The van der Waals surface area contributed by atoms with Gasteiger partial charge in [0.1, 0.15) is 0 Å². The van der Waals surface area contributed by atoms with Crippen LogP contribution in [0.2, 0.25) is 0 Å². The molecule has 0 fully saturated rings. The van der Waals surface area contributed by atoms with E-state index in [9.17, 15) is 4.79 Å². The van der Waals surface area contributed by atoms with Crippen molar-refractivity contribution in [3.8, 4) is 0 Å². The molecule has 1 atom stereocenters. The van der Waals surface area contributed by atoms with Gasteiger partial charge in [-0.1, -0.05) is 50.1 Å². The fourth-order valence-corrected chi connectivity index (χ4v) is 2.55. The minimum absolute atomic E-state index is 0.130. The minimum Gasteiger partial charge on any atom is -0.305 e. The average molecular weight is 243 g/mol. The Morgan fingerprint density at radius 1 is 1.44 bits per heavy atom. The summed E-state index contributed by atoms with van der Waals surface area (Å²) in [5.41, 5.74) is 2.35. The summed E-state index contributed by atoms with van der Waals surface area (Å²) in [5, 5.41) is 0. The van der Waals surface area contributed by atoms with Crippen molar-refractivity contribution in [2.24, 2.45) is 0 Å². The highest BCUT2D eigenvalue weighted by molar-refractivity contribution is 5.95. The molecule has 96 valence electrons. The van der Waals surface area contributed by atoms with Crippen LogP contribution >= 0.6 is 0 Å². The molecule has 1 aromatic carbocycles. The highest BCUT2D eigenvalue weighted by Crippen LogP contribution is 2.32. The number of fused-ring (bicyclic) bond motifs is 1. The molecule has 1 aromatic rings. The van der Waals surface area contributed by atoms with Crippen molar-refractivity contribution in [1.29, 1.82) is 0 Å². The van der Waals surface area contributed by atoms with E-state index in [0.717, 1.165) is 18.5 Å². The average Bonchev–Trinajstić information content (AvgIpc) is 2.73. The van der Waals surface area contributed by atoms with E-state index in [0.29, 0.717) is 0 Å². The number of nitrogens with zero attached hydrogens (tertiary/aromatic N) is 1. The lowest BCUT2D eigenvalue weighted by atomic mass is 10.1. The first-order valence-electron chi connectivity index (χ1n) is 6.78. The number of allylic oxidation sites excluding steroid dienone is 1. The fourth-order valence-electron chi connectivity index (χ4n) is 2.55. The largest absolute Gasteiger partial charge is 0.305 e. The molecule has 0 radical (unpaired) electrons. The molecule has 0 spiro atoms. The van der Waals surface area contributed by atoms with Gasteiger partial charge in [-0.15, -0.1) is 0 Å². The Hall–Kier alpha value is -1.57. The summed E-state index contributed by atoms with van der Waals surface area (Å²) >= 11 is 0. The summed E-state index contributed by atoms with van der Waals surface area (Å²) in [6, 6.07) is 8.40. The Morgan fingerprint density at radius 2 is 2.22 bits per heavy atom. The molecule has 2 rings (SSSR count). The van der Waals surface area contributed by atoms with E-state index in [4.69, 9.17) is 0 Å². The first kappa shape index (κ1) is 12.9. The first-order valence-corrected chi connectivity index (χ1v) is 6.78. The predicted octanol–water partition coefficient (Wildman–Crippen LogP) is 3.71. The Labute approximate surface area is 109 Å². The van der Waals surface area contributed by atoms with Crippen molar-refractivity contribution < 1.29 is 4.79 Å². The number of para-hydroxylation sites is 1. The maximum Gasteiger partial charge on any atom is 0.224 e. The molecule has 18 heavy (non-hydrogen) atoms. The molecule has 0 N–H and O–H groups in total. The van der Waals surface area contributed by atoms with Crippen molar-refractivity contribution in [1.82, 2.24) is 0 Å². The van der Waals surface area contributed by atoms with Crippen LogP contribution in [0.5, 0.6) is 0 Å². The van der Waals surface area contributed by atoms with Gasteiger partial charge in [0, 0.05) is 12.6 Å². The van der Waals surface area contributed by atoms with Gasteiger partial charge in [-0.25, -0.2) is 0 Å². The Morgan fingerprint density at radius 3 is 2.94 bits per heavy atom. The number of anilines is 1. The fraction of sp³-hybridized carbons (Fsp3) is 0.438. The van der Waals surface area contributed by atoms with Crippen LogP contribution in [0, 0.1) is 0 Å². The van der Waals surface area contributed by atoms with Crippen LogP contribution in [0.3, 0.4) is 0 Å². The summed E-state index contributed by atoms with van der Waals surface area (Å²) in [4.78, 5) is 13.7. The Balaban J connectivity index is 2.14. The summed E-state index contributed by atoms with van der Waals surface area (Å²) in [5.74, 6) is 0.130. The minimum atomic E-state index is 0.130. The quantitative estimate of drug-likeness (QED) is 0.583. The maximum absolute atomic E-state index is 11.8. The second-order valence-electron chi connectivity index (χ2n) is 4.86. The lowest BCUT2D eigenvalue weighted by molar-refractivity contribution is -0.116. The summed E-state index contributed by atoms with van der Waals surface area (Å²) in [6.45, 7) is 3.84. The van der Waals surface area contributed by atoms with Crippen molar-refractivity contribution in [3.05, 3.63) is 42.0 Å². The van der Waals surface area contributed by atoms with Gasteiger partial charge in [0.2, 0.25) is 5.91 Å². The lowest BCUT2D eigenvalue weighted by Crippen LogP contribution is -2.34. The van der Waals surface area contributed by atoms with Crippen LogP contribution in [-0.2, 0) is 11.2 Å². The SMILES string of the molecule is CCCC/C=C/C1Cc2ccccc2N1C(C)=O. The van der Waals surface area contributed by atoms with Gasteiger partial charge >= 0.3 is 0 Å². The van der Waals surface area contributed by atoms with Crippen molar-refractivity contribution in [2.45, 2.75) is 45.6 Å². The zero-order chi connectivity index (χ0) is 13.0. The molecule has 0 saturated heterocycles. The molecule has 1 aliphatic rings. The van der Waals surface area contributed by atoms with Gasteiger partial charge in [0.15, 0.2) is 0 Å². The van der Waals surface area contributed by atoms with Gasteiger partial charge in [-0.3, -0.25) is 4.79 Å². The maximum atomic E-state index is 11.8. The number of carbonyl (C=O) groups is 1. The van der Waals surface area contributed by atoms with Crippen molar-refractivity contribution >= 4 is 11.6 Å². The molecule has 0 saturated carbocycles. The number of unbranched alkanes of at least 4 members (excludes halogenated alkanes) is 2. The van der Waals surface area contributed by atoms with Crippen LogP contribution in [0.15, 0.2) is 36.4 Å². The molecule has 1 unspecified atom stereocenters. The van der Waals surface area contributed by atoms with Gasteiger partial charge in [-0.2, -0.15) is 0 Å². The second-order valence-corrected chi connectivity index (χ2v) is 4.86. The molecule has 1 amide bonds. The van der Waals surface area contributed by atoms with E-state index in [1.807, 2.05) is 23.1 Å². The molecule has 0 aliphatic carbocycles. The number of carbonyl (C=O) groups excluding carboxylic acids is 1. The van der Waals surface area contributed by atoms with Crippen LogP contribution in [0.1, 0.15) is 38.7 Å². The molecular weight excluding hydrogens is 222 g/mol. The second kappa shape index (κ2) is 5.85. The predicted molar refractivity (Wildman–Crippen MR) is 75.8 cm³/mol. The molecule has 0 bridgehead atoms. The first-order chi connectivity index (χ1) is 8.74. The summed E-state index contributed by atoms with van der Waals surface area (Å²) < 4.78 is 0. The summed E-state index contributed by atoms with van der Waals surface area (Å²) in [7, 11) is 0. The summed E-state index contributed by atoms with van der Waals surface area (Å²) in [6.07, 6.45) is 8.89. The number of amides is 1. The van der Waals surface area contributed by atoms with Crippen LogP contribution < -0.4 is 4.90 Å². The van der Waals surface area contributed by atoms with Gasteiger partial charge in [-0.05, 0) is 24.5 Å². The zero-order valence-electron chi connectivity index (χ0n) is 11.2. The lowest BCUT2D eigenvalue weighted by Gasteiger charge is -2.21. The van der Waals surface area contributed by atoms with E-state index in [2.05, 4.69) is 25.1 Å². The molecule has 2 heteroatoms. The third-order valence-corrected chi connectivity index (χ3v) is 3.43. The molecule has 1 heterocycles. The number of rotatable bonds is 4. The molecule has 1 aliphatic heterocycles. The Bertz CT molecular complexity index is 450. The highest BCUT2D eigenvalue weighted by Gasteiger charge is 2.29. The third-order valence-electron chi connectivity index (χ3n) is 3.43. The molecule has 0 aromatic heterocycles. The van der Waals surface area contributed by atoms with Crippen LogP contribution in [0.25, 0.3) is 0 Å². The zero-order valence-corrected chi connectivity index (χ0v) is 11.2. The van der Waals surface area contributed by atoms with Crippen LogP contribution in [0.4, 0.5) is 5.69 Å². The van der Waals surface area contributed by atoms with Crippen molar-refractivity contribution in [3.63, 3.8) is 0 Å². The van der Waals surface area contributed by atoms with Crippen molar-refractivity contribution in [2.75, 3.05) is 4.90 Å². The third kappa shape index (κ3) is 2.63. The smallest absolute Gasteiger partial charge is 0.224 e. The van der Waals surface area contributed by atoms with E-state index >= 15 is 0 Å². The normalized spacial score (nSPS) is 18.3. The highest BCUT2D eigenvalue weighted by atomic mass is 16.2. The van der Waals surface area contributed by atoms with E-state index in [-0.39, 0.29) is 11.9 Å². The topological polar surface area (TPSA) is 20.3 Å². The standard InChI is InChI=1S/C16H21NO/c1-3-4-5-6-10-15-12-14-9-7-8-11-16(14)17(15)13(2)18/h6-11,15H,3-5,12H2,1-2H3/b10-6+. The number of hydrogen-bond donors (Lipinski definition) is 0. The van der Waals surface area contributed by atoms with E-state index < -0.39 is 0 Å². The number of benzene rings is 1. The molecular formula is C16H21NO. The Kier molecular flexibility index (Phi) is 4.19. The van der Waals surface area contributed by atoms with Gasteiger partial charge < -0.3 is 4.90 Å². The van der Waals surface area contributed by atoms with Gasteiger partial charge in [0.25, 0.3) is 0 Å². The van der Waals surface area contributed by atoms with E-state index in [1.165, 1.54) is 18.4 Å². The van der Waals surface area contributed by atoms with Crippen LogP contribution in [-0.4, -0.2) is 11.9 Å². The number of hydrogen-bond acceptors (Lipinski definition) is 1. The van der Waals surface area contributed by atoms with E-state index in [1.54, 1.807) is 6.92 Å². The van der Waals surface area contributed by atoms with Gasteiger partial charge in [0.05, 0.1) is 6.04 Å². The monoisotopic (exact) mass is 243 g/mol.